The van der Waals surface area contributed by atoms with Crippen LogP contribution >= 0.6 is 0 Å². The monoisotopic (exact) mass is 431 g/mol. The Morgan fingerprint density at radius 2 is 1.52 bits per heavy atom. The number of rotatable bonds is 10. The van der Waals surface area contributed by atoms with Gasteiger partial charge in [-0.05, 0) is 37.8 Å². The fourth-order valence-corrected chi connectivity index (χ4v) is 4.15. The smallest absolute Gasteiger partial charge is 0.226 e. The standard InChI is InChI=1S/C23H35N3O3.C2H6/c1-19(27)26(20(2)28)18-17-24-22(29)13-7-10-16-25-23(14-8-4-9-15-23)21-11-5-3-6-12-21;1-2/h3,5-6,11-12,25H,4,7-10,13-18H2,1-2H3,(H,24,29);1-2H3. The molecule has 0 spiro atoms. The van der Waals surface area contributed by atoms with Gasteiger partial charge in [0, 0.05) is 38.9 Å². The Labute approximate surface area is 188 Å². The Bertz CT molecular complexity index is 656. The van der Waals surface area contributed by atoms with Gasteiger partial charge in [-0.15, -0.1) is 0 Å². The molecule has 1 aromatic rings. The van der Waals surface area contributed by atoms with E-state index >= 15 is 0 Å². The number of amides is 3. The molecule has 0 aliphatic heterocycles. The lowest BCUT2D eigenvalue weighted by Gasteiger charge is -2.39. The van der Waals surface area contributed by atoms with E-state index in [1.807, 2.05) is 13.8 Å². The average molecular weight is 432 g/mol. The Kier molecular flexibility index (Phi) is 12.8. The summed E-state index contributed by atoms with van der Waals surface area (Å²) in [6.07, 6.45) is 8.35. The van der Waals surface area contributed by atoms with Crippen molar-refractivity contribution in [2.24, 2.45) is 0 Å². The van der Waals surface area contributed by atoms with Crippen molar-refractivity contribution in [1.29, 1.82) is 0 Å². The van der Waals surface area contributed by atoms with Gasteiger partial charge >= 0.3 is 0 Å². The molecule has 3 amide bonds. The zero-order valence-corrected chi connectivity index (χ0v) is 19.8. The SMILES string of the molecule is CC.CC(=O)N(CCNC(=O)CCCCNC1(c2ccccc2)CCCCC1)C(C)=O. The molecule has 0 bridgehead atoms. The number of carbonyl (C=O) groups is 3. The van der Waals surface area contributed by atoms with E-state index in [4.69, 9.17) is 0 Å². The number of hydrogen-bond acceptors (Lipinski definition) is 4. The quantitative estimate of drug-likeness (QED) is 0.546. The highest BCUT2D eigenvalue weighted by molar-refractivity contribution is 5.92. The Balaban J connectivity index is 0.00000233. The van der Waals surface area contributed by atoms with Crippen LogP contribution in [0.3, 0.4) is 0 Å². The number of nitrogens with zero attached hydrogens (tertiary/aromatic N) is 1. The van der Waals surface area contributed by atoms with Crippen molar-refractivity contribution in [3.8, 4) is 0 Å². The molecule has 6 nitrogen and oxygen atoms in total. The van der Waals surface area contributed by atoms with Crippen molar-refractivity contribution in [2.75, 3.05) is 19.6 Å². The predicted octanol–water partition coefficient (Wildman–Crippen LogP) is 4.14. The second kappa shape index (κ2) is 14.7. The fourth-order valence-electron chi connectivity index (χ4n) is 4.15. The van der Waals surface area contributed by atoms with Gasteiger partial charge in [0.2, 0.25) is 17.7 Å². The highest BCUT2D eigenvalue weighted by Gasteiger charge is 2.32. The van der Waals surface area contributed by atoms with Gasteiger partial charge in [-0.2, -0.15) is 0 Å². The molecule has 6 heteroatoms. The van der Waals surface area contributed by atoms with Crippen LogP contribution in [0.4, 0.5) is 0 Å². The molecule has 1 aromatic carbocycles. The lowest BCUT2D eigenvalue weighted by atomic mass is 9.76. The van der Waals surface area contributed by atoms with Crippen molar-refractivity contribution in [2.45, 2.75) is 84.6 Å². The van der Waals surface area contributed by atoms with Crippen molar-refractivity contribution in [1.82, 2.24) is 15.5 Å². The van der Waals surface area contributed by atoms with E-state index in [0.717, 1.165) is 24.3 Å². The van der Waals surface area contributed by atoms with Gasteiger partial charge in [0.15, 0.2) is 0 Å². The van der Waals surface area contributed by atoms with Crippen LogP contribution in [0.2, 0.25) is 0 Å². The molecule has 0 radical (unpaired) electrons. The van der Waals surface area contributed by atoms with Crippen LogP contribution in [0, 0.1) is 0 Å². The summed E-state index contributed by atoms with van der Waals surface area (Å²) < 4.78 is 0. The van der Waals surface area contributed by atoms with Crippen LogP contribution in [0.5, 0.6) is 0 Å². The van der Waals surface area contributed by atoms with Crippen LogP contribution < -0.4 is 10.6 Å². The summed E-state index contributed by atoms with van der Waals surface area (Å²) in [5.74, 6) is -0.631. The highest BCUT2D eigenvalue weighted by Crippen LogP contribution is 2.37. The predicted molar refractivity (Wildman–Crippen MR) is 125 cm³/mol. The van der Waals surface area contributed by atoms with E-state index in [1.54, 1.807) is 0 Å². The largest absolute Gasteiger partial charge is 0.354 e. The first-order valence-corrected chi connectivity index (χ1v) is 11.8. The molecule has 1 aliphatic carbocycles. The van der Waals surface area contributed by atoms with Crippen LogP contribution in [-0.4, -0.2) is 42.3 Å². The third-order valence-electron chi connectivity index (χ3n) is 5.75. The van der Waals surface area contributed by atoms with Gasteiger partial charge in [0.1, 0.15) is 0 Å². The third-order valence-corrected chi connectivity index (χ3v) is 5.75. The molecule has 0 atom stereocenters. The Morgan fingerprint density at radius 1 is 0.903 bits per heavy atom. The number of imide groups is 1. The van der Waals surface area contributed by atoms with Crippen molar-refractivity contribution in [3.63, 3.8) is 0 Å². The molecular weight excluding hydrogens is 390 g/mol. The minimum absolute atomic E-state index is 0.0347. The zero-order chi connectivity index (χ0) is 23.1. The number of carbonyl (C=O) groups excluding carboxylic acids is 3. The van der Waals surface area contributed by atoms with Crippen molar-refractivity contribution >= 4 is 17.7 Å². The highest BCUT2D eigenvalue weighted by atomic mass is 16.2. The molecule has 1 fully saturated rings. The first-order chi connectivity index (χ1) is 14.9. The molecule has 31 heavy (non-hydrogen) atoms. The number of nitrogens with one attached hydrogen (secondary N) is 2. The maximum absolute atomic E-state index is 12.0. The minimum atomic E-state index is -0.298. The molecule has 0 unspecified atom stereocenters. The van der Waals surface area contributed by atoms with E-state index < -0.39 is 0 Å². The molecule has 174 valence electrons. The average Bonchev–Trinajstić information content (AvgIpc) is 2.78. The topological polar surface area (TPSA) is 78.5 Å². The van der Waals surface area contributed by atoms with Gasteiger partial charge in [-0.3, -0.25) is 19.3 Å². The summed E-state index contributed by atoms with van der Waals surface area (Å²) in [7, 11) is 0. The number of benzene rings is 1. The van der Waals surface area contributed by atoms with Gasteiger partial charge in [-0.25, -0.2) is 0 Å². The first-order valence-electron chi connectivity index (χ1n) is 11.8. The van der Waals surface area contributed by atoms with Gasteiger partial charge in [-0.1, -0.05) is 63.4 Å². The van der Waals surface area contributed by atoms with Crippen LogP contribution in [0.1, 0.15) is 84.6 Å². The van der Waals surface area contributed by atoms with E-state index in [0.29, 0.717) is 13.0 Å². The van der Waals surface area contributed by atoms with E-state index in [1.165, 1.54) is 51.5 Å². The fraction of sp³-hybridized carbons (Fsp3) is 0.640. The summed E-state index contributed by atoms with van der Waals surface area (Å²) in [6.45, 7) is 8.12. The lowest BCUT2D eigenvalue weighted by Crippen LogP contribution is -2.44. The number of hydrogen-bond donors (Lipinski definition) is 2. The van der Waals surface area contributed by atoms with Crippen LogP contribution in [-0.2, 0) is 19.9 Å². The first kappa shape index (κ1) is 26.8. The molecule has 2 rings (SSSR count). The molecule has 1 aliphatic rings. The Morgan fingerprint density at radius 3 is 2.10 bits per heavy atom. The Hall–Kier alpha value is -2.21. The number of unbranched alkanes of at least 4 members (excludes halogenated alkanes) is 1. The van der Waals surface area contributed by atoms with Gasteiger partial charge in [0.25, 0.3) is 0 Å². The maximum Gasteiger partial charge on any atom is 0.226 e. The minimum Gasteiger partial charge on any atom is -0.354 e. The summed E-state index contributed by atoms with van der Waals surface area (Å²) in [5.41, 5.74) is 1.45. The van der Waals surface area contributed by atoms with E-state index in [2.05, 4.69) is 41.0 Å². The molecular formula is C25H41N3O3. The molecule has 0 heterocycles. The summed E-state index contributed by atoms with van der Waals surface area (Å²) in [6, 6.07) is 10.7. The third kappa shape index (κ3) is 9.21. The van der Waals surface area contributed by atoms with E-state index in [9.17, 15) is 14.4 Å². The normalized spacial score (nSPS) is 14.7. The molecule has 1 saturated carbocycles. The van der Waals surface area contributed by atoms with Crippen LogP contribution in [0.15, 0.2) is 30.3 Å². The van der Waals surface area contributed by atoms with Crippen molar-refractivity contribution in [3.05, 3.63) is 35.9 Å². The maximum atomic E-state index is 12.0. The summed E-state index contributed by atoms with van der Waals surface area (Å²) in [4.78, 5) is 35.8. The second-order valence-electron chi connectivity index (χ2n) is 7.93. The van der Waals surface area contributed by atoms with Gasteiger partial charge in [0.05, 0.1) is 0 Å². The zero-order valence-electron chi connectivity index (χ0n) is 19.8. The second-order valence-corrected chi connectivity index (χ2v) is 7.93. The molecule has 0 saturated heterocycles. The van der Waals surface area contributed by atoms with Crippen molar-refractivity contribution < 1.29 is 14.4 Å². The lowest BCUT2D eigenvalue weighted by molar-refractivity contribution is -0.142. The molecule has 2 N–H and O–H groups in total. The van der Waals surface area contributed by atoms with Gasteiger partial charge < -0.3 is 10.6 Å². The summed E-state index contributed by atoms with van der Waals surface area (Å²) in [5, 5.41) is 6.59. The molecule has 0 aromatic heterocycles. The van der Waals surface area contributed by atoms with Crippen LogP contribution in [0.25, 0.3) is 0 Å². The summed E-state index contributed by atoms with van der Waals surface area (Å²) >= 11 is 0. The van der Waals surface area contributed by atoms with E-state index in [-0.39, 0.29) is 29.8 Å².